The number of aliphatic hydroxyl groups is 1. The van der Waals surface area contributed by atoms with Gasteiger partial charge in [0.05, 0.1) is 10.6 Å². The molecule has 1 heterocycles. The van der Waals surface area contributed by atoms with Crippen molar-refractivity contribution in [3.05, 3.63) is 40.6 Å². The number of amides is 1. The first-order valence-electron chi connectivity index (χ1n) is 8.22. The van der Waals surface area contributed by atoms with Crippen LogP contribution in [0.3, 0.4) is 0 Å². The molecule has 0 atom stereocenters. The van der Waals surface area contributed by atoms with Crippen LogP contribution in [0, 0.1) is 6.92 Å². The Bertz CT molecular complexity index is 736. The molecule has 1 saturated carbocycles. The first-order chi connectivity index (χ1) is 11.5. The van der Waals surface area contributed by atoms with Crippen LogP contribution >= 0.6 is 11.6 Å². The highest BCUT2D eigenvalue weighted by Gasteiger charge is 2.31. The lowest BCUT2D eigenvalue weighted by atomic mass is 9.85. The number of rotatable bonds is 4. The van der Waals surface area contributed by atoms with E-state index in [2.05, 4.69) is 10.5 Å². The predicted octanol–water partition coefficient (Wildman–Crippen LogP) is 3.73. The molecule has 1 aromatic carbocycles. The first-order valence-corrected chi connectivity index (χ1v) is 8.60. The molecule has 1 aliphatic rings. The van der Waals surface area contributed by atoms with Crippen molar-refractivity contribution >= 4 is 17.5 Å². The molecule has 2 N–H and O–H groups in total. The average molecular weight is 349 g/mol. The fourth-order valence-electron chi connectivity index (χ4n) is 3.20. The van der Waals surface area contributed by atoms with E-state index in [0.29, 0.717) is 40.4 Å². The van der Waals surface area contributed by atoms with Gasteiger partial charge in [0, 0.05) is 12.1 Å². The minimum atomic E-state index is -0.816. The first kappa shape index (κ1) is 17.0. The number of hydrogen-bond donors (Lipinski definition) is 2. The molecule has 0 saturated heterocycles. The third-order valence-electron chi connectivity index (χ3n) is 4.58. The van der Waals surface area contributed by atoms with E-state index in [1.165, 1.54) is 0 Å². The summed E-state index contributed by atoms with van der Waals surface area (Å²) in [7, 11) is 0. The van der Waals surface area contributed by atoms with Crippen LogP contribution in [-0.2, 0) is 0 Å². The second-order valence-corrected chi connectivity index (χ2v) is 6.82. The largest absolute Gasteiger partial charge is 0.388 e. The second kappa shape index (κ2) is 6.95. The maximum absolute atomic E-state index is 12.7. The molecule has 6 heteroatoms. The molecular weight excluding hydrogens is 328 g/mol. The summed E-state index contributed by atoms with van der Waals surface area (Å²) < 4.78 is 5.21. The van der Waals surface area contributed by atoms with Crippen molar-refractivity contribution in [2.24, 2.45) is 0 Å². The van der Waals surface area contributed by atoms with Gasteiger partial charge in [-0.1, -0.05) is 54.2 Å². The molecular formula is C18H21ClN2O3. The Labute approximate surface area is 146 Å². The van der Waals surface area contributed by atoms with Crippen LogP contribution in [0.15, 0.2) is 28.8 Å². The fourth-order valence-corrected chi connectivity index (χ4v) is 3.42. The number of nitrogens with zero attached hydrogens (tertiary/aromatic N) is 1. The normalized spacial score (nSPS) is 16.8. The van der Waals surface area contributed by atoms with Crippen molar-refractivity contribution in [1.82, 2.24) is 10.5 Å². The summed E-state index contributed by atoms with van der Waals surface area (Å²) in [6.07, 6.45) is 4.55. The molecule has 0 spiro atoms. The van der Waals surface area contributed by atoms with E-state index in [1.807, 2.05) is 12.1 Å². The van der Waals surface area contributed by atoms with Crippen molar-refractivity contribution in [3.8, 4) is 11.3 Å². The highest BCUT2D eigenvalue weighted by molar-refractivity contribution is 6.33. The lowest BCUT2D eigenvalue weighted by molar-refractivity contribution is 0.00524. The number of carbonyl (C=O) groups is 1. The minimum absolute atomic E-state index is 0.235. The number of benzene rings is 1. The third-order valence-corrected chi connectivity index (χ3v) is 4.91. The summed E-state index contributed by atoms with van der Waals surface area (Å²) in [6.45, 7) is 1.93. The Hall–Kier alpha value is -1.85. The summed E-state index contributed by atoms with van der Waals surface area (Å²) >= 11 is 6.21. The van der Waals surface area contributed by atoms with Crippen molar-refractivity contribution < 1.29 is 14.4 Å². The van der Waals surface area contributed by atoms with Crippen molar-refractivity contribution in [1.29, 1.82) is 0 Å². The highest BCUT2D eigenvalue weighted by atomic mass is 35.5. The van der Waals surface area contributed by atoms with Crippen LogP contribution in [0.25, 0.3) is 11.3 Å². The zero-order chi connectivity index (χ0) is 17.2. The average Bonchev–Trinajstić information content (AvgIpc) is 2.95. The van der Waals surface area contributed by atoms with Crippen LogP contribution in [0.5, 0.6) is 0 Å². The van der Waals surface area contributed by atoms with E-state index in [-0.39, 0.29) is 12.5 Å². The Balaban J connectivity index is 1.80. The number of halogens is 1. The molecule has 0 radical (unpaired) electrons. The lowest BCUT2D eigenvalue weighted by Gasteiger charge is -2.32. The molecule has 1 aromatic heterocycles. The maximum Gasteiger partial charge on any atom is 0.257 e. The van der Waals surface area contributed by atoms with Crippen LogP contribution in [0.4, 0.5) is 0 Å². The van der Waals surface area contributed by atoms with Gasteiger partial charge in [0.2, 0.25) is 0 Å². The summed E-state index contributed by atoms with van der Waals surface area (Å²) in [6, 6.07) is 7.19. The smallest absolute Gasteiger partial charge is 0.257 e. The summed E-state index contributed by atoms with van der Waals surface area (Å²) in [5, 5.41) is 17.9. The molecule has 2 aromatic rings. The zero-order valence-electron chi connectivity index (χ0n) is 13.6. The molecule has 5 nitrogen and oxygen atoms in total. The summed E-state index contributed by atoms with van der Waals surface area (Å²) in [5.41, 5.74) is 0.620. The minimum Gasteiger partial charge on any atom is -0.388 e. The number of nitrogens with one attached hydrogen (secondary N) is 1. The number of hydrogen-bond acceptors (Lipinski definition) is 4. The van der Waals surface area contributed by atoms with Gasteiger partial charge in [-0.05, 0) is 25.8 Å². The molecule has 128 valence electrons. The van der Waals surface area contributed by atoms with Gasteiger partial charge >= 0.3 is 0 Å². The second-order valence-electron chi connectivity index (χ2n) is 6.41. The van der Waals surface area contributed by atoms with Gasteiger partial charge in [-0.2, -0.15) is 0 Å². The molecule has 0 bridgehead atoms. The van der Waals surface area contributed by atoms with Gasteiger partial charge in [0.15, 0.2) is 0 Å². The molecule has 24 heavy (non-hydrogen) atoms. The van der Waals surface area contributed by atoms with Crippen LogP contribution in [0.1, 0.15) is 48.2 Å². The Morgan fingerprint density at radius 1 is 1.33 bits per heavy atom. The quantitative estimate of drug-likeness (QED) is 0.882. The standard InChI is InChI=1S/C18H21ClN2O3/c1-12-15(16(21-24-12)13-7-3-4-8-14(13)19)17(22)20-11-18(23)9-5-2-6-10-18/h3-4,7-8,23H,2,5-6,9-11H2,1H3,(H,20,22). The fraction of sp³-hybridized carbons (Fsp3) is 0.444. The SMILES string of the molecule is Cc1onc(-c2ccccc2Cl)c1C(=O)NCC1(O)CCCCC1. The van der Waals surface area contributed by atoms with Crippen molar-refractivity contribution in [3.63, 3.8) is 0 Å². The van der Waals surface area contributed by atoms with E-state index >= 15 is 0 Å². The summed E-state index contributed by atoms with van der Waals surface area (Å²) in [5.74, 6) is 0.126. The van der Waals surface area contributed by atoms with Crippen molar-refractivity contribution in [2.45, 2.75) is 44.6 Å². The highest BCUT2D eigenvalue weighted by Crippen LogP contribution is 2.31. The van der Waals surface area contributed by atoms with Gasteiger partial charge in [-0.15, -0.1) is 0 Å². The maximum atomic E-state index is 12.7. The lowest BCUT2D eigenvalue weighted by Crippen LogP contribution is -2.44. The zero-order valence-corrected chi connectivity index (χ0v) is 14.4. The van der Waals surface area contributed by atoms with E-state index in [4.69, 9.17) is 16.1 Å². The van der Waals surface area contributed by atoms with Gasteiger partial charge in [-0.25, -0.2) is 0 Å². The summed E-state index contributed by atoms with van der Waals surface area (Å²) in [4.78, 5) is 12.7. The van der Waals surface area contributed by atoms with Gasteiger partial charge < -0.3 is 14.9 Å². The third kappa shape index (κ3) is 3.47. The predicted molar refractivity (Wildman–Crippen MR) is 92.1 cm³/mol. The van der Waals surface area contributed by atoms with Gasteiger partial charge in [0.25, 0.3) is 5.91 Å². The number of aromatic nitrogens is 1. The topological polar surface area (TPSA) is 75.4 Å². The molecule has 1 aliphatic carbocycles. The van der Waals surface area contributed by atoms with Gasteiger partial charge in [0.1, 0.15) is 17.0 Å². The van der Waals surface area contributed by atoms with E-state index < -0.39 is 5.60 Å². The van der Waals surface area contributed by atoms with Crippen LogP contribution < -0.4 is 5.32 Å². The number of carbonyl (C=O) groups excluding carboxylic acids is 1. The number of aryl methyl sites for hydroxylation is 1. The molecule has 1 fully saturated rings. The van der Waals surface area contributed by atoms with Crippen LogP contribution in [-0.4, -0.2) is 28.3 Å². The Kier molecular flexibility index (Phi) is 4.92. The van der Waals surface area contributed by atoms with E-state index in [9.17, 15) is 9.90 Å². The van der Waals surface area contributed by atoms with Crippen molar-refractivity contribution in [2.75, 3.05) is 6.54 Å². The van der Waals surface area contributed by atoms with Crippen LogP contribution in [0.2, 0.25) is 5.02 Å². The van der Waals surface area contributed by atoms with E-state index in [0.717, 1.165) is 19.3 Å². The molecule has 3 rings (SSSR count). The van der Waals surface area contributed by atoms with Gasteiger partial charge in [-0.3, -0.25) is 4.79 Å². The Morgan fingerprint density at radius 3 is 2.75 bits per heavy atom. The molecule has 1 amide bonds. The molecule has 0 aliphatic heterocycles. The van der Waals surface area contributed by atoms with E-state index in [1.54, 1.807) is 19.1 Å². The Morgan fingerprint density at radius 2 is 2.04 bits per heavy atom. The monoisotopic (exact) mass is 348 g/mol. The molecule has 0 unspecified atom stereocenters.